The van der Waals surface area contributed by atoms with E-state index in [0.29, 0.717) is 6.61 Å². The van der Waals surface area contributed by atoms with Gasteiger partial charge in [-0.25, -0.2) is 0 Å². The molecule has 0 unspecified atom stereocenters. The molecule has 18 heavy (non-hydrogen) atoms. The molecule has 0 fully saturated rings. The number of rotatable bonds is 5. The van der Waals surface area contributed by atoms with Crippen LogP contribution in [0.1, 0.15) is 31.2 Å². The number of hydrogen-bond donors (Lipinski definition) is 0. The zero-order chi connectivity index (χ0) is 12.6. The first-order chi connectivity index (χ1) is 8.86. The van der Waals surface area contributed by atoms with E-state index in [4.69, 9.17) is 4.74 Å². The summed E-state index contributed by atoms with van der Waals surface area (Å²) in [4.78, 5) is 15.7. The molecule has 1 atom stereocenters. The third-order valence-corrected chi connectivity index (χ3v) is 3.21. The molecule has 0 spiro atoms. The highest BCUT2D eigenvalue weighted by atomic mass is 16.5. The number of hydrogen-bond acceptors (Lipinski definition) is 3. The number of nitrogens with zero attached hydrogens (tertiary/aromatic N) is 1. The van der Waals surface area contributed by atoms with Crippen LogP contribution in [0.3, 0.4) is 0 Å². The van der Waals surface area contributed by atoms with Crippen LogP contribution in [-0.4, -0.2) is 17.6 Å². The summed E-state index contributed by atoms with van der Waals surface area (Å²) in [5.74, 6) is 0.0463. The van der Waals surface area contributed by atoms with Crippen molar-refractivity contribution in [2.75, 3.05) is 6.61 Å². The Hall–Kier alpha value is -1.64. The Morgan fingerprint density at radius 1 is 1.33 bits per heavy atom. The first kappa shape index (κ1) is 12.8. The van der Waals surface area contributed by atoms with E-state index in [1.54, 1.807) is 12.4 Å². The fourth-order valence-electron chi connectivity index (χ4n) is 2.12. The standard InChI is InChI=1S/C15H19NO2/c17-15(14-6-2-1-3-7-14)18-12-4-5-13-8-10-16-11-9-13/h1-2,8-11,14H,3-7,12H2/t14-/m1/s1. The van der Waals surface area contributed by atoms with Crippen molar-refractivity contribution in [2.45, 2.75) is 32.1 Å². The van der Waals surface area contributed by atoms with Gasteiger partial charge in [-0.05, 0) is 49.8 Å². The topological polar surface area (TPSA) is 39.2 Å². The molecule has 0 saturated heterocycles. The third kappa shape index (κ3) is 3.99. The Morgan fingerprint density at radius 3 is 2.89 bits per heavy atom. The monoisotopic (exact) mass is 245 g/mol. The van der Waals surface area contributed by atoms with Crippen LogP contribution >= 0.6 is 0 Å². The predicted molar refractivity (Wildman–Crippen MR) is 70.0 cm³/mol. The number of carbonyl (C=O) groups excluding carboxylic acids is 1. The van der Waals surface area contributed by atoms with Crippen LogP contribution in [0, 0.1) is 5.92 Å². The Morgan fingerprint density at radius 2 is 2.17 bits per heavy atom. The Balaban J connectivity index is 1.63. The maximum atomic E-state index is 11.7. The molecule has 0 aliphatic heterocycles. The van der Waals surface area contributed by atoms with Crippen molar-refractivity contribution in [3.63, 3.8) is 0 Å². The summed E-state index contributed by atoms with van der Waals surface area (Å²) in [6.45, 7) is 0.515. The first-order valence-electron chi connectivity index (χ1n) is 6.57. The van der Waals surface area contributed by atoms with Crippen molar-refractivity contribution in [1.82, 2.24) is 4.98 Å². The van der Waals surface area contributed by atoms with E-state index in [1.165, 1.54) is 5.56 Å². The SMILES string of the molecule is O=C(OCCCc1ccncc1)[C@@H]1CC=CCC1. The van der Waals surface area contributed by atoms with Gasteiger partial charge in [-0.2, -0.15) is 0 Å². The molecule has 0 aromatic carbocycles. The molecule has 96 valence electrons. The number of aromatic nitrogens is 1. The highest BCUT2D eigenvalue weighted by molar-refractivity contribution is 5.72. The minimum absolute atomic E-state index is 0.0333. The van der Waals surface area contributed by atoms with Gasteiger partial charge in [-0.3, -0.25) is 9.78 Å². The molecular weight excluding hydrogens is 226 g/mol. The maximum Gasteiger partial charge on any atom is 0.309 e. The summed E-state index contributed by atoms with van der Waals surface area (Å²) < 4.78 is 5.31. The van der Waals surface area contributed by atoms with Crippen molar-refractivity contribution in [3.05, 3.63) is 42.2 Å². The summed E-state index contributed by atoms with van der Waals surface area (Å²) in [7, 11) is 0. The molecule has 1 aliphatic rings. The lowest BCUT2D eigenvalue weighted by atomic mass is 9.95. The van der Waals surface area contributed by atoms with Gasteiger partial charge < -0.3 is 4.74 Å². The molecule has 0 N–H and O–H groups in total. The van der Waals surface area contributed by atoms with E-state index >= 15 is 0 Å². The molecule has 1 aromatic heterocycles. The van der Waals surface area contributed by atoms with Gasteiger partial charge >= 0.3 is 5.97 Å². The lowest BCUT2D eigenvalue weighted by Gasteiger charge is -2.16. The number of aryl methyl sites for hydroxylation is 1. The average Bonchev–Trinajstić information content (AvgIpc) is 2.45. The number of esters is 1. The second-order valence-corrected chi connectivity index (χ2v) is 4.61. The van der Waals surface area contributed by atoms with Gasteiger partial charge in [0.15, 0.2) is 0 Å². The maximum absolute atomic E-state index is 11.7. The smallest absolute Gasteiger partial charge is 0.309 e. The number of ether oxygens (including phenoxy) is 1. The minimum atomic E-state index is -0.0333. The van der Waals surface area contributed by atoms with E-state index in [2.05, 4.69) is 17.1 Å². The zero-order valence-corrected chi connectivity index (χ0v) is 10.5. The van der Waals surface area contributed by atoms with Gasteiger partial charge in [-0.15, -0.1) is 0 Å². The molecule has 0 saturated carbocycles. The van der Waals surface area contributed by atoms with Crippen molar-refractivity contribution in [2.24, 2.45) is 5.92 Å². The van der Waals surface area contributed by atoms with Crippen LogP contribution in [0.2, 0.25) is 0 Å². The summed E-state index contributed by atoms with van der Waals surface area (Å²) in [6.07, 6.45) is 12.4. The zero-order valence-electron chi connectivity index (χ0n) is 10.5. The van der Waals surface area contributed by atoms with Gasteiger partial charge in [0, 0.05) is 12.4 Å². The van der Waals surface area contributed by atoms with Gasteiger partial charge in [0.25, 0.3) is 0 Å². The van der Waals surface area contributed by atoms with Gasteiger partial charge in [0.05, 0.1) is 12.5 Å². The molecular formula is C15H19NO2. The van der Waals surface area contributed by atoms with Crippen molar-refractivity contribution < 1.29 is 9.53 Å². The number of pyridine rings is 1. The Kier molecular flexibility index (Phi) is 4.94. The van der Waals surface area contributed by atoms with Gasteiger partial charge in [0.2, 0.25) is 0 Å². The molecule has 1 aromatic rings. The van der Waals surface area contributed by atoms with E-state index in [-0.39, 0.29) is 11.9 Å². The molecule has 1 heterocycles. The van der Waals surface area contributed by atoms with Crippen LogP contribution < -0.4 is 0 Å². The quantitative estimate of drug-likeness (QED) is 0.455. The van der Waals surface area contributed by atoms with E-state index in [9.17, 15) is 4.79 Å². The molecule has 1 aliphatic carbocycles. The fourth-order valence-corrected chi connectivity index (χ4v) is 2.12. The molecule has 2 rings (SSSR count). The van der Waals surface area contributed by atoms with Crippen LogP contribution in [0.15, 0.2) is 36.7 Å². The van der Waals surface area contributed by atoms with Crippen molar-refractivity contribution >= 4 is 5.97 Å². The highest BCUT2D eigenvalue weighted by Gasteiger charge is 2.19. The average molecular weight is 245 g/mol. The highest BCUT2D eigenvalue weighted by Crippen LogP contribution is 2.19. The number of carbonyl (C=O) groups is 1. The summed E-state index contributed by atoms with van der Waals surface area (Å²) in [6, 6.07) is 3.99. The predicted octanol–water partition coefficient (Wildman–Crippen LogP) is 2.91. The lowest BCUT2D eigenvalue weighted by Crippen LogP contribution is -2.19. The fraction of sp³-hybridized carbons (Fsp3) is 0.467. The second kappa shape index (κ2) is 6.94. The Bertz CT molecular complexity index is 400. The molecule has 0 bridgehead atoms. The lowest BCUT2D eigenvalue weighted by molar-refractivity contribution is -0.148. The van der Waals surface area contributed by atoms with Crippen LogP contribution in [0.25, 0.3) is 0 Å². The molecule has 0 radical (unpaired) electrons. The first-order valence-corrected chi connectivity index (χ1v) is 6.57. The minimum Gasteiger partial charge on any atom is -0.465 e. The summed E-state index contributed by atoms with van der Waals surface area (Å²) in [5, 5.41) is 0. The van der Waals surface area contributed by atoms with Crippen LogP contribution in [0.5, 0.6) is 0 Å². The van der Waals surface area contributed by atoms with Gasteiger partial charge in [-0.1, -0.05) is 12.2 Å². The van der Waals surface area contributed by atoms with Crippen LogP contribution in [-0.2, 0) is 16.0 Å². The largest absolute Gasteiger partial charge is 0.465 e. The normalized spacial score (nSPS) is 18.6. The Labute approximate surface area is 108 Å². The third-order valence-electron chi connectivity index (χ3n) is 3.21. The molecule has 3 nitrogen and oxygen atoms in total. The summed E-state index contributed by atoms with van der Waals surface area (Å²) >= 11 is 0. The van der Waals surface area contributed by atoms with Gasteiger partial charge in [0.1, 0.15) is 0 Å². The van der Waals surface area contributed by atoms with Crippen molar-refractivity contribution in [3.8, 4) is 0 Å². The van der Waals surface area contributed by atoms with E-state index < -0.39 is 0 Å². The molecule has 0 amide bonds. The van der Waals surface area contributed by atoms with Crippen LogP contribution in [0.4, 0.5) is 0 Å². The number of allylic oxidation sites excluding steroid dienone is 2. The summed E-state index contributed by atoms with van der Waals surface area (Å²) in [5.41, 5.74) is 1.24. The van der Waals surface area contributed by atoms with Crippen molar-refractivity contribution in [1.29, 1.82) is 0 Å². The van der Waals surface area contributed by atoms with E-state index in [0.717, 1.165) is 32.1 Å². The molecule has 3 heteroatoms. The second-order valence-electron chi connectivity index (χ2n) is 4.61. The van der Waals surface area contributed by atoms with E-state index in [1.807, 2.05) is 12.1 Å².